The molecule has 0 aromatic carbocycles. The number of carbonyl (C=O) groups is 1. The van der Waals surface area contributed by atoms with Crippen LogP contribution in [0.2, 0.25) is 0 Å². The molecular formula is C12H16F4N4O2. The van der Waals surface area contributed by atoms with Gasteiger partial charge in [0.1, 0.15) is 25.0 Å². The molecular weight excluding hydrogens is 308 g/mol. The average molecular weight is 324 g/mol. The van der Waals surface area contributed by atoms with E-state index in [1.54, 1.807) is 0 Å². The van der Waals surface area contributed by atoms with Crippen molar-refractivity contribution in [1.29, 1.82) is 0 Å². The third kappa shape index (κ3) is 3.47. The summed E-state index contributed by atoms with van der Waals surface area (Å²) in [5.41, 5.74) is 0. The van der Waals surface area contributed by atoms with E-state index in [0.29, 0.717) is 13.0 Å². The number of halogens is 4. The summed E-state index contributed by atoms with van der Waals surface area (Å²) in [4.78, 5) is 12.6. The zero-order valence-electron chi connectivity index (χ0n) is 11.9. The van der Waals surface area contributed by atoms with Gasteiger partial charge in [-0.2, -0.15) is 13.2 Å². The van der Waals surface area contributed by atoms with E-state index in [1.165, 1.54) is 11.6 Å². The number of rotatable bonds is 4. The van der Waals surface area contributed by atoms with E-state index < -0.39 is 24.9 Å². The summed E-state index contributed by atoms with van der Waals surface area (Å²) < 4.78 is 56.8. The minimum absolute atomic E-state index is 0.0178. The first-order chi connectivity index (χ1) is 10.3. The topological polar surface area (TPSA) is 60.2 Å². The Morgan fingerprint density at radius 1 is 1.45 bits per heavy atom. The maximum atomic E-state index is 13.0. The van der Waals surface area contributed by atoms with E-state index in [0.717, 1.165) is 4.90 Å². The van der Waals surface area contributed by atoms with Gasteiger partial charge in [0.15, 0.2) is 5.82 Å². The second-order valence-corrected chi connectivity index (χ2v) is 5.02. The molecule has 0 saturated carbocycles. The highest BCUT2D eigenvalue weighted by molar-refractivity contribution is 5.67. The second-order valence-electron chi connectivity index (χ2n) is 5.02. The number of nitrogens with zero attached hydrogens (tertiary/aromatic N) is 4. The van der Waals surface area contributed by atoms with Crippen molar-refractivity contribution < 1.29 is 27.1 Å². The lowest BCUT2D eigenvalue weighted by atomic mass is 9.98. The first kappa shape index (κ1) is 16.5. The summed E-state index contributed by atoms with van der Waals surface area (Å²) in [6.45, 7) is -0.843. The zero-order valence-corrected chi connectivity index (χ0v) is 11.9. The van der Waals surface area contributed by atoms with Crippen LogP contribution >= 0.6 is 0 Å². The Morgan fingerprint density at radius 2 is 2.18 bits per heavy atom. The van der Waals surface area contributed by atoms with Crippen molar-refractivity contribution in [3.8, 4) is 0 Å². The molecule has 0 aliphatic carbocycles. The highest BCUT2D eigenvalue weighted by atomic mass is 19.4. The molecule has 0 saturated heterocycles. The molecule has 0 N–H and O–H groups in total. The van der Waals surface area contributed by atoms with Gasteiger partial charge in [-0.25, -0.2) is 9.18 Å². The van der Waals surface area contributed by atoms with Crippen LogP contribution in [0, 0.1) is 0 Å². The molecule has 0 radical (unpaired) electrons. The van der Waals surface area contributed by atoms with E-state index in [2.05, 4.69) is 14.9 Å². The monoisotopic (exact) mass is 324 g/mol. The Morgan fingerprint density at radius 3 is 2.82 bits per heavy atom. The SMILES string of the molecule is CN(Cc1nnc2n1CCCC2C(F)(F)F)C(=O)OCCF. The smallest absolute Gasteiger partial charge is 0.409 e. The first-order valence-corrected chi connectivity index (χ1v) is 6.77. The van der Waals surface area contributed by atoms with E-state index in [-0.39, 0.29) is 31.2 Å². The number of alkyl halides is 4. The maximum Gasteiger partial charge on any atom is 0.409 e. The largest absolute Gasteiger partial charge is 0.447 e. The molecule has 1 unspecified atom stereocenters. The molecule has 0 fully saturated rings. The van der Waals surface area contributed by atoms with Crippen LogP contribution in [0.25, 0.3) is 0 Å². The molecule has 0 spiro atoms. The molecule has 1 amide bonds. The number of amides is 1. The van der Waals surface area contributed by atoms with E-state index in [4.69, 9.17) is 0 Å². The fourth-order valence-corrected chi connectivity index (χ4v) is 2.37. The van der Waals surface area contributed by atoms with Gasteiger partial charge in [0.2, 0.25) is 0 Å². The van der Waals surface area contributed by atoms with E-state index in [1.807, 2.05) is 0 Å². The van der Waals surface area contributed by atoms with Gasteiger partial charge in [0.05, 0.1) is 6.54 Å². The molecule has 124 valence electrons. The van der Waals surface area contributed by atoms with Gasteiger partial charge in [-0.3, -0.25) is 0 Å². The van der Waals surface area contributed by atoms with Crippen LogP contribution < -0.4 is 0 Å². The predicted molar refractivity (Wildman–Crippen MR) is 66.8 cm³/mol. The van der Waals surface area contributed by atoms with Crippen LogP contribution in [0.15, 0.2) is 0 Å². The summed E-state index contributed by atoms with van der Waals surface area (Å²) in [6, 6.07) is 0. The van der Waals surface area contributed by atoms with Crippen LogP contribution in [0.1, 0.15) is 30.4 Å². The highest BCUT2D eigenvalue weighted by Crippen LogP contribution is 2.40. The molecule has 1 atom stereocenters. The van der Waals surface area contributed by atoms with Crippen molar-refractivity contribution in [3.63, 3.8) is 0 Å². The van der Waals surface area contributed by atoms with Crippen molar-refractivity contribution in [3.05, 3.63) is 11.6 Å². The minimum atomic E-state index is -4.37. The van der Waals surface area contributed by atoms with E-state index >= 15 is 0 Å². The minimum Gasteiger partial charge on any atom is -0.447 e. The molecule has 0 bridgehead atoms. The molecule has 2 heterocycles. The van der Waals surface area contributed by atoms with Crippen LogP contribution in [-0.4, -0.2) is 52.3 Å². The number of ether oxygens (including phenoxy) is 1. The molecule has 1 aromatic rings. The summed E-state index contributed by atoms with van der Waals surface area (Å²) in [5.74, 6) is -1.51. The molecule has 1 aliphatic heterocycles. The predicted octanol–water partition coefficient (Wildman–Crippen LogP) is 2.26. The van der Waals surface area contributed by atoms with Gasteiger partial charge in [0.25, 0.3) is 0 Å². The molecule has 1 aromatic heterocycles. The molecule has 1 aliphatic rings. The van der Waals surface area contributed by atoms with Crippen LogP contribution in [-0.2, 0) is 17.8 Å². The van der Waals surface area contributed by atoms with Gasteiger partial charge in [-0.15, -0.1) is 10.2 Å². The summed E-state index contributed by atoms with van der Waals surface area (Å²) >= 11 is 0. The van der Waals surface area contributed by atoms with Crippen molar-refractivity contribution in [2.24, 2.45) is 0 Å². The van der Waals surface area contributed by atoms with Crippen LogP contribution in [0.3, 0.4) is 0 Å². The summed E-state index contributed by atoms with van der Waals surface area (Å²) in [7, 11) is 1.40. The zero-order chi connectivity index (χ0) is 16.3. The Balaban J connectivity index is 2.11. The lowest BCUT2D eigenvalue weighted by Gasteiger charge is -2.26. The molecule has 10 heteroatoms. The standard InChI is InChI=1S/C12H16F4N4O2/c1-19(11(21)22-6-4-13)7-9-17-18-10-8(12(14,15)16)3-2-5-20(9)10/h8H,2-7H2,1H3. The Kier molecular flexibility index (Phi) is 4.87. The quantitative estimate of drug-likeness (QED) is 0.797. The van der Waals surface area contributed by atoms with Gasteiger partial charge in [-0.1, -0.05) is 0 Å². The van der Waals surface area contributed by atoms with Crippen molar-refractivity contribution >= 4 is 6.09 Å². The molecule has 2 rings (SSSR count). The van der Waals surface area contributed by atoms with Crippen molar-refractivity contribution in [1.82, 2.24) is 19.7 Å². The van der Waals surface area contributed by atoms with Crippen molar-refractivity contribution in [2.45, 2.75) is 38.0 Å². The van der Waals surface area contributed by atoms with Crippen molar-refractivity contribution in [2.75, 3.05) is 20.3 Å². The summed E-state index contributed by atoms with van der Waals surface area (Å²) in [6.07, 6.45) is -4.79. The fourth-order valence-electron chi connectivity index (χ4n) is 2.37. The number of carbonyl (C=O) groups excluding carboxylic acids is 1. The molecule has 22 heavy (non-hydrogen) atoms. The summed E-state index contributed by atoms with van der Waals surface area (Å²) in [5, 5.41) is 7.39. The normalized spacial score (nSPS) is 18.0. The van der Waals surface area contributed by atoms with Gasteiger partial charge in [-0.05, 0) is 12.8 Å². The fraction of sp³-hybridized carbons (Fsp3) is 0.750. The van der Waals surface area contributed by atoms with E-state index in [9.17, 15) is 22.4 Å². The molecule has 6 nitrogen and oxygen atoms in total. The van der Waals surface area contributed by atoms with Gasteiger partial charge < -0.3 is 14.2 Å². The maximum absolute atomic E-state index is 13.0. The number of aromatic nitrogens is 3. The average Bonchev–Trinajstić information content (AvgIpc) is 2.86. The number of hydrogen-bond donors (Lipinski definition) is 0. The third-order valence-corrected chi connectivity index (χ3v) is 3.43. The Labute approximate surface area is 124 Å². The lowest BCUT2D eigenvalue weighted by molar-refractivity contribution is -0.156. The number of fused-ring (bicyclic) bond motifs is 1. The van der Waals surface area contributed by atoms with Crippen LogP contribution in [0.5, 0.6) is 0 Å². The Bertz CT molecular complexity index is 532. The third-order valence-electron chi connectivity index (χ3n) is 3.43. The van der Waals surface area contributed by atoms with Gasteiger partial charge in [0, 0.05) is 13.6 Å². The van der Waals surface area contributed by atoms with Crippen LogP contribution in [0.4, 0.5) is 22.4 Å². The lowest BCUT2D eigenvalue weighted by Crippen LogP contribution is -2.31. The first-order valence-electron chi connectivity index (χ1n) is 6.77. The Hall–Kier alpha value is -1.87. The van der Waals surface area contributed by atoms with Gasteiger partial charge >= 0.3 is 12.3 Å². The second kappa shape index (κ2) is 6.49. The number of hydrogen-bond acceptors (Lipinski definition) is 4. The highest BCUT2D eigenvalue weighted by Gasteiger charge is 2.45.